The van der Waals surface area contributed by atoms with Gasteiger partial charge in [0.15, 0.2) is 0 Å². The van der Waals surface area contributed by atoms with Gasteiger partial charge in [0.1, 0.15) is 5.01 Å². The molecule has 3 heteroatoms. The van der Waals surface area contributed by atoms with Crippen molar-refractivity contribution in [2.24, 2.45) is 11.8 Å². The first-order chi connectivity index (χ1) is 8.91. The van der Waals surface area contributed by atoms with Crippen molar-refractivity contribution in [2.75, 3.05) is 0 Å². The summed E-state index contributed by atoms with van der Waals surface area (Å²) in [4.78, 5) is 4.83. The van der Waals surface area contributed by atoms with Crippen LogP contribution >= 0.6 is 11.3 Å². The van der Waals surface area contributed by atoms with Crippen molar-refractivity contribution >= 4 is 11.3 Å². The lowest BCUT2D eigenvalue weighted by atomic mass is 9.82. The number of nitrogens with zero attached hydrogens (tertiary/aromatic N) is 1. The third kappa shape index (κ3) is 4.03. The summed E-state index contributed by atoms with van der Waals surface area (Å²) in [5, 5.41) is 7.44. The number of aryl methyl sites for hydroxylation is 1. The number of hydrogen-bond donors (Lipinski definition) is 1. The van der Waals surface area contributed by atoms with Crippen LogP contribution in [0.1, 0.15) is 64.1 Å². The highest BCUT2D eigenvalue weighted by atomic mass is 32.1. The molecule has 1 N–H and O–H groups in total. The van der Waals surface area contributed by atoms with Crippen molar-refractivity contribution in [2.45, 2.75) is 71.9 Å². The van der Waals surface area contributed by atoms with Crippen molar-refractivity contribution in [3.8, 4) is 0 Å². The minimum atomic E-state index is 0.0996. The fraction of sp³-hybridized carbons (Fsp3) is 0.812. The molecule has 1 aliphatic carbocycles. The van der Waals surface area contributed by atoms with Crippen LogP contribution < -0.4 is 5.32 Å². The Morgan fingerprint density at radius 3 is 2.21 bits per heavy atom. The summed E-state index contributed by atoms with van der Waals surface area (Å²) in [6.07, 6.45) is 5.05. The zero-order valence-electron chi connectivity index (χ0n) is 13.0. The van der Waals surface area contributed by atoms with E-state index in [9.17, 15) is 0 Å². The van der Waals surface area contributed by atoms with Gasteiger partial charge in [0.25, 0.3) is 0 Å². The molecule has 2 nitrogen and oxygen atoms in total. The van der Waals surface area contributed by atoms with E-state index >= 15 is 0 Å². The number of aromatic nitrogens is 1. The lowest BCUT2D eigenvalue weighted by molar-refractivity contribution is 0.220. The lowest BCUT2D eigenvalue weighted by Gasteiger charge is -2.36. The van der Waals surface area contributed by atoms with Gasteiger partial charge in [-0.1, -0.05) is 27.7 Å². The molecule has 0 amide bonds. The van der Waals surface area contributed by atoms with Gasteiger partial charge >= 0.3 is 0 Å². The third-order valence-corrected chi connectivity index (χ3v) is 4.76. The molecule has 1 aromatic heterocycles. The normalized spacial score (nSPS) is 16.6. The van der Waals surface area contributed by atoms with Gasteiger partial charge in [-0.15, -0.1) is 11.3 Å². The molecule has 19 heavy (non-hydrogen) atoms. The van der Waals surface area contributed by atoms with Crippen molar-refractivity contribution in [1.29, 1.82) is 0 Å². The molecule has 1 aromatic rings. The van der Waals surface area contributed by atoms with Crippen LogP contribution in [-0.2, 0) is 5.54 Å². The number of nitrogens with one attached hydrogen (secondary N) is 1. The average Bonchev–Trinajstić information content (AvgIpc) is 2.95. The summed E-state index contributed by atoms with van der Waals surface area (Å²) in [6.45, 7) is 11.4. The van der Waals surface area contributed by atoms with E-state index in [0.717, 1.165) is 11.7 Å². The molecule has 1 aliphatic rings. The predicted octanol–water partition coefficient (Wildman–Crippen LogP) is 4.49. The summed E-state index contributed by atoms with van der Waals surface area (Å²) >= 11 is 1.84. The highest BCUT2D eigenvalue weighted by Gasteiger charge is 2.40. The summed E-state index contributed by atoms with van der Waals surface area (Å²) in [6, 6.07) is 0.724. The van der Waals surface area contributed by atoms with E-state index in [1.807, 2.05) is 11.3 Å². The van der Waals surface area contributed by atoms with Crippen molar-refractivity contribution in [1.82, 2.24) is 10.3 Å². The molecule has 0 aromatic carbocycles. The standard InChI is InChI=1S/C16H28N2S/c1-11(2)8-16(9-12(3)4,18-14-6-7-14)15-17-13(5)10-19-15/h10-12,14,18H,6-9H2,1-5H3. The molecule has 0 atom stereocenters. The van der Waals surface area contributed by atoms with Crippen LogP contribution in [0.4, 0.5) is 0 Å². The minimum Gasteiger partial charge on any atom is -0.303 e. The number of thiazole rings is 1. The van der Waals surface area contributed by atoms with Gasteiger partial charge in [0, 0.05) is 17.1 Å². The van der Waals surface area contributed by atoms with Crippen LogP contribution in [0, 0.1) is 18.8 Å². The molecule has 0 aliphatic heterocycles. The van der Waals surface area contributed by atoms with E-state index in [1.165, 1.54) is 30.7 Å². The van der Waals surface area contributed by atoms with Crippen LogP contribution in [0.15, 0.2) is 5.38 Å². The van der Waals surface area contributed by atoms with Crippen molar-refractivity contribution in [3.05, 3.63) is 16.1 Å². The minimum absolute atomic E-state index is 0.0996. The topological polar surface area (TPSA) is 24.9 Å². The van der Waals surface area contributed by atoms with Gasteiger partial charge in [-0.05, 0) is 44.4 Å². The zero-order valence-corrected chi connectivity index (χ0v) is 13.8. The van der Waals surface area contributed by atoms with E-state index in [0.29, 0.717) is 11.8 Å². The fourth-order valence-electron chi connectivity index (χ4n) is 3.02. The molecular formula is C16H28N2S. The molecule has 1 fully saturated rings. The first kappa shape index (κ1) is 15.0. The van der Waals surface area contributed by atoms with E-state index in [4.69, 9.17) is 4.98 Å². The maximum absolute atomic E-state index is 4.83. The lowest BCUT2D eigenvalue weighted by Crippen LogP contribution is -2.45. The Balaban J connectivity index is 2.30. The Labute approximate surface area is 122 Å². The smallest absolute Gasteiger partial charge is 0.113 e. The molecule has 2 rings (SSSR count). The van der Waals surface area contributed by atoms with E-state index in [-0.39, 0.29) is 5.54 Å². The Kier molecular flexibility index (Phi) is 4.67. The van der Waals surface area contributed by atoms with Crippen molar-refractivity contribution < 1.29 is 0 Å². The Hall–Kier alpha value is -0.410. The maximum atomic E-state index is 4.83. The molecule has 0 radical (unpaired) electrons. The second kappa shape index (κ2) is 5.92. The largest absolute Gasteiger partial charge is 0.303 e. The number of rotatable bonds is 7. The summed E-state index contributed by atoms with van der Waals surface area (Å²) in [5.74, 6) is 1.38. The SMILES string of the molecule is Cc1csc(C(CC(C)C)(CC(C)C)NC2CC2)n1. The van der Waals surface area contributed by atoms with Gasteiger partial charge in [-0.2, -0.15) is 0 Å². The Bertz CT molecular complexity index is 386. The quantitative estimate of drug-likeness (QED) is 0.796. The molecule has 1 saturated carbocycles. The first-order valence-corrected chi connectivity index (χ1v) is 8.49. The van der Waals surface area contributed by atoms with Crippen LogP contribution in [0.3, 0.4) is 0 Å². The predicted molar refractivity (Wildman–Crippen MR) is 83.6 cm³/mol. The highest BCUT2D eigenvalue weighted by Crippen LogP contribution is 2.39. The first-order valence-electron chi connectivity index (χ1n) is 7.61. The van der Waals surface area contributed by atoms with E-state index in [1.54, 1.807) is 0 Å². The second-order valence-electron chi connectivity index (χ2n) is 6.99. The molecule has 0 spiro atoms. The molecule has 0 saturated heterocycles. The van der Waals surface area contributed by atoms with Gasteiger partial charge in [-0.25, -0.2) is 4.98 Å². The molecule has 0 bridgehead atoms. The summed E-state index contributed by atoms with van der Waals surface area (Å²) < 4.78 is 0. The van der Waals surface area contributed by atoms with Crippen LogP contribution in [0.25, 0.3) is 0 Å². The monoisotopic (exact) mass is 280 g/mol. The Morgan fingerprint density at radius 1 is 1.26 bits per heavy atom. The van der Waals surface area contributed by atoms with Crippen LogP contribution in [-0.4, -0.2) is 11.0 Å². The fourth-order valence-corrected chi connectivity index (χ4v) is 4.01. The maximum Gasteiger partial charge on any atom is 0.113 e. The Morgan fingerprint density at radius 2 is 1.84 bits per heavy atom. The van der Waals surface area contributed by atoms with E-state index in [2.05, 4.69) is 45.3 Å². The molecular weight excluding hydrogens is 252 g/mol. The molecule has 1 heterocycles. The second-order valence-corrected chi connectivity index (χ2v) is 7.85. The summed E-state index contributed by atoms with van der Waals surface area (Å²) in [5.41, 5.74) is 1.26. The highest BCUT2D eigenvalue weighted by molar-refractivity contribution is 7.09. The molecule has 108 valence electrons. The summed E-state index contributed by atoms with van der Waals surface area (Å²) in [7, 11) is 0. The van der Waals surface area contributed by atoms with Gasteiger partial charge < -0.3 is 5.32 Å². The van der Waals surface area contributed by atoms with Gasteiger partial charge in [0.2, 0.25) is 0 Å². The average molecular weight is 280 g/mol. The third-order valence-electron chi connectivity index (χ3n) is 3.60. The zero-order chi connectivity index (χ0) is 14.0. The van der Waals surface area contributed by atoms with E-state index < -0.39 is 0 Å². The van der Waals surface area contributed by atoms with Crippen LogP contribution in [0.2, 0.25) is 0 Å². The van der Waals surface area contributed by atoms with Crippen molar-refractivity contribution in [3.63, 3.8) is 0 Å². The van der Waals surface area contributed by atoms with Gasteiger partial charge in [0.05, 0.1) is 5.54 Å². The van der Waals surface area contributed by atoms with Crippen LogP contribution in [0.5, 0.6) is 0 Å². The molecule has 0 unspecified atom stereocenters. The van der Waals surface area contributed by atoms with Gasteiger partial charge in [-0.3, -0.25) is 0 Å². The number of hydrogen-bond acceptors (Lipinski definition) is 3.